The summed E-state index contributed by atoms with van der Waals surface area (Å²) in [6, 6.07) is 20.2. The van der Waals surface area contributed by atoms with Gasteiger partial charge < -0.3 is 4.74 Å². The summed E-state index contributed by atoms with van der Waals surface area (Å²) < 4.78 is 5.22. The van der Waals surface area contributed by atoms with E-state index >= 15 is 0 Å². The molecule has 0 saturated carbocycles. The lowest BCUT2D eigenvalue weighted by Gasteiger charge is -2.33. The van der Waals surface area contributed by atoms with Gasteiger partial charge in [-0.1, -0.05) is 60.7 Å². The monoisotopic (exact) mass is 325 g/mol. The van der Waals surface area contributed by atoms with Gasteiger partial charge in [-0.25, -0.2) is 0 Å². The molecule has 2 atom stereocenters. The van der Waals surface area contributed by atoms with Crippen LogP contribution in [-0.4, -0.2) is 24.7 Å². The Morgan fingerprint density at radius 2 is 1.79 bits per heavy atom. The molecule has 1 heterocycles. The fourth-order valence-electron chi connectivity index (χ4n) is 3.40. The van der Waals surface area contributed by atoms with Gasteiger partial charge in [-0.3, -0.25) is 9.63 Å². The van der Waals surface area contributed by atoms with Gasteiger partial charge in [0, 0.05) is 13.5 Å². The number of hydroxylamine groups is 2. The summed E-state index contributed by atoms with van der Waals surface area (Å²) in [4.78, 5) is 18.4. The van der Waals surface area contributed by atoms with E-state index in [1.54, 1.807) is 0 Å². The molecule has 0 bridgehead atoms. The van der Waals surface area contributed by atoms with Gasteiger partial charge in [0.05, 0.1) is 18.6 Å². The van der Waals surface area contributed by atoms with Crippen LogP contribution in [0.5, 0.6) is 0 Å². The van der Waals surface area contributed by atoms with Crippen LogP contribution in [0.2, 0.25) is 0 Å². The SMILES string of the molecule is CCOC(=O)C[C@]1(c2ccccc2)C[C@@H](c2ccccc2)ON1C. The molecule has 0 radical (unpaired) electrons. The molecule has 4 heteroatoms. The average molecular weight is 325 g/mol. The first kappa shape index (κ1) is 16.7. The summed E-state index contributed by atoms with van der Waals surface area (Å²) in [7, 11) is 1.90. The summed E-state index contributed by atoms with van der Waals surface area (Å²) in [5.41, 5.74) is 1.67. The minimum Gasteiger partial charge on any atom is -0.466 e. The van der Waals surface area contributed by atoms with E-state index in [0.717, 1.165) is 11.1 Å². The Labute approximate surface area is 143 Å². The molecule has 0 N–H and O–H groups in total. The standard InChI is InChI=1S/C20H23NO3/c1-3-23-19(22)15-20(17-12-8-5-9-13-17)14-18(24-21(20)2)16-10-6-4-7-11-16/h4-13,18H,3,14-15H2,1-2H3/t18-,20-/m0/s1. The maximum absolute atomic E-state index is 12.3. The van der Waals surface area contributed by atoms with Gasteiger partial charge in [0.25, 0.3) is 0 Å². The fraction of sp³-hybridized carbons (Fsp3) is 0.350. The third kappa shape index (κ3) is 3.21. The van der Waals surface area contributed by atoms with Crippen LogP contribution in [0.1, 0.15) is 37.0 Å². The number of hydrogen-bond acceptors (Lipinski definition) is 4. The number of carbonyl (C=O) groups is 1. The minimum atomic E-state index is -0.520. The maximum atomic E-state index is 12.3. The van der Waals surface area contributed by atoms with Gasteiger partial charge >= 0.3 is 5.97 Å². The molecule has 0 amide bonds. The summed E-state index contributed by atoms with van der Waals surface area (Å²) >= 11 is 0. The van der Waals surface area contributed by atoms with Crippen molar-refractivity contribution in [1.29, 1.82) is 0 Å². The zero-order valence-electron chi connectivity index (χ0n) is 14.1. The second-order valence-electron chi connectivity index (χ2n) is 6.09. The average Bonchev–Trinajstić information content (AvgIpc) is 2.94. The second kappa shape index (κ2) is 7.16. The smallest absolute Gasteiger partial charge is 0.308 e. The van der Waals surface area contributed by atoms with E-state index < -0.39 is 5.54 Å². The Morgan fingerprint density at radius 3 is 2.42 bits per heavy atom. The van der Waals surface area contributed by atoms with Crippen LogP contribution >= 0.6 is 0 Å². The predicted octanol–water partition coefficient (Wildman–Crippen LogP) is 3.84. The highest BCUT2D eigenvalue weighted by molar-refractivity contribution is 5.71. The summed E-state index contributed by atoms with van der Waals surface area (Å²) in [6.45, 7) is 2.21. The molecule has 0 aliphatic carbocycles. The van der Waals surface area contributed by atoms with Gasteiger partial charge in [0.1, 0.15) is 6.10 Å². The van der Waals surface area contributed by atoms with Crippen molar-refractivity contribution in [1.82, 2.24) is 5.06 Å². The number of nitrogens with zero attached hydrogens (tertiary/aromatic N) is 1. The number of esters is 1. The van der Waals surface area contributed by atoms with Crippen LogP contribution in [0.25, 0.3) is 0 Å². The van der Waals surface area contributed by atoms with Crippen LogP contribution in [0.3, 0.4) is 0 Å². The summed E-state index contributed by atoms with van der Waals surface area (Å²) in [6.07, 6.45) is 0.895. The van der Waals surface area contributed by atoms with Crippen LogP contribution in [0, 0.1) is 0 Å². The van der Waals surface area contributed by atoms with Crippen molar-refractivity contribution in [2.24, 2.45) is 0 Å². The highest BCUT2D eigenvalue weighted by atomic mass is 16.7. The summed E-state index contributed by atoms with van der Waals surface area (Å²) in [5.74, 6) is -0.203. The highest BCUT2D eigenvalue weighted by Gasteiger charge is 2.48. The molecule has 1 fully saturated rings. The molecule has 3 rings (SSSR count). The van der Waals surface area contributed by atoms with Gasteiger partial charge in [0.2, 0.25) is 0 Å². The molecule has 126 valence electrons. The molecular formula is C20H23NO3. The van der Waals surface area contributed by atoms with Crippen molar-refractivity contribution in [2.45, 2.75) is 31.4 Å². The zero-order chi connectivity index (χ0) is 17.0. The molecule has 4 nitrogen and oxygen atoms in total. The molecule has 2 aromatic rings. The largest absolute Gasteiger partial charge is 0.466 e. The van der Waals surface area contributed by atoms with Crippen LogP contribution in [0.15, 0.2) is 60.7 Å². The van der Waals surface area contributed by atoms with Crippen molar-refractivity contribution in [2.75, 3.05) is 13.7 Å². The molecular weight excluding hydrogens is 302 g/mol. The van der Waals surface area contributed by atoms with Gasteiger partial charge in [-0.15, -0.1) is 0 Å². The molecule has 24 heavy (non-hydrogen) atoms. The first-order valence-corrected chi connectivity index (χ1v) is 8.32. The third-order valence-electron chi connectivity index (χ3n) is 4.64. The van der Waals surface area contributed by atoms with Gasteiger partial charge in [0.15, 0.2) is 0 Å². The van der Waals surface area contributed by atoms with Crippen molar-refractivity contribution in [3.05, 3.63) is 71.8 Å². The van der Waals surface area contributed by atoms with Crippen molar-refractivity contribution < 1.29 is 14.4 Å². The van der Waals surface area contributed by atoms with Crippen LogP contribution in [0.4, 0.5) is 0 Å². The van der Waals surface area contributed by atoms with Crippen LogP contribution in [-0.2, 0) is 19.9 Å². The number of rotatable bonds is 5. The third-order valence-corrected chi connectivity index (χ3v) is 4.64. The van der Waals surface area contributed by atoms with Crippen LogP contribution < -0.4 is 0 Å². The van der Waals surface area contributed by atoms with E-state index in [2.05, 4.69) is 12.1 Å². The molecule has 2 aromatic carbocycles. The van der Waals surface area contributed by atoms with E-state index in [0.29, 0.717) is 13.0 Å². The highest BCUT2D eigenvalue weighted by Crippen LogP contribution is 2.47. The predicted molar refractivity (Wildman–Crippen MR) is 92.0 cm³/mol. The quantitative estimate of drug-likeness (QED) is 0.783. The van der Waals surface area contributed by atoms with E-state index in [4.69, 9.17) is 9.57 Å². The van der Waals surface area contributed by atoms with Crippen molar-refractivity contribution in [3.63, 3.8) is 0 Å². The lowest BCUT2D eigenvalue weighted by molar-refractivity contribution is -0.181. The fourth-order valence-corrected chi connectivity index (χ4v) is 3.40. The van der Waals surface area contributed by atoms with E-state index in [1.807, 2.05) is 67.6 Å². The first-order chi connectivity index (χ1) is 11.7. The Balaban J connectivity index is 1.94. The zero-order valence-corrected chi connectivity index (χ0v) is 14.1. The number of carbonyl (C=O) groups excluding carboxylic acids is 1. The number of ether oxygens (including phenoxy) is 1. The normalized spacial score (nSPS) is 24.0. The van der Waals surface area contributed by atoms with E-state index in [9.17, 15) is 4.79 Å². The van der Waals surface area contributed by atoms with Gasteiger partial charge in [-0.2, -0.15) is 5.06 Å². The molecule has 1 aliphatic rings. The Hall–Kier alpha value is -2.17. The molecule has 0 unspecified atom stereocenters. The molecule has 0 aromatic heterocycles. The first-order valence-electron chi connectivity index (χ1n) is 8.32. The second-order valence-corrected chi connectivity index (χ2v) is 6.09. The number of benzene rings is 2. The topological polar surface area (TPSA) is 38.8 Å². The minimum absolute atomic E-state index is 0.0779. The molecule has 1 saturated heterocycles. The van der Waals surface area contributed by atoms with E-state index in [1.165, 1.54) is 0 Å². The molecule has 1 aliphatic heterocycles. The maximum Gasteiger partial charge on any atom is 0.308 e. The van der Waals surface area contributed by atoms with Crippen molar-refractivity contribution in [3.8, 4) is 0 Å². The Kier molecular flexibility index (Phi) is 4.97. The van der Waals surface area contributed by atoms with Gasteiger partial charge in [-0.05, 0) is 18.1 Å². The Morgan fingerprint density at radius 1 is 1.17 bits per heavy atom. The van der Waals surface area contributed by atoms with E-state index in [-0.39, 0.29) is 18.5 Å². The number of hydrogen-bond donors (Lipinski definition) is 0. The lowest BCUT2D eigenvalue weighted by Crippen LogP contribution is -2.40. The summed E-state index contributed by atoms with van der Waals surface area (Å²) in [5, 5.41) is 1.83. The molecule has 0 spiro atoms. The Bertz CT molecular complexity index is 674. The lowest BCUT2D eigenvalue weighted by atomic mass is 9.81. The van der Waals surface area contributed by atoms with Crippen molar-refractivity contribution >= 4 is 5.97 Å².